The SMILES string of the molecule is COc1cc(/C=C2\SC(=S)N(CCC(=O)O)C2=O)cc(Br)c1OCc1c(Cl)cccc1Cl. The van der Waals surface area contributed by atoms with E-state index in [1.54, 1.807) is 36.4 Å². The summed E-state index contributed by atoms with van der Waals surface area (Å²) in [6, 6.07) is 8.71. The van der Waals surface area contributed by atoms with E-state index in [1.807, 2.05) is 0 Å². The molecule has 3 rings (SSSR count). The molecule has 32 heavy (non-hydrogen) atoms. The van der Waals surface area contributed by atoms with Gasteiger partial charge in [0.05, 0.1) is 22.9 Å². The molecule has 6 nitrogen and oxygen atoms in total. The maximum absolute atomic E-state index is 12.6. The van der Waals surface area contributed by atoms with Gasteiger partial charge in [-0.25, -0.2) is 0 Å². The number of thiocarbonyl (C=S) groups is 1. The van der Waals surface area contributed by atoms with E-state index in [2.05, 4.69) is 15.9 Å². The first-order chi connectivity index (χ1) is 15.2. The number of carboxylic acid groups (broad SMARTS) is 1. The second-order valence-corrected chi connectivity index (χ2v) is 9.84. The number of carbonyl (C=O) groups excluding carboxylic acids is 1. The summed E-state index contributed by atoms with van der Waals surface area (Å²) in [5, 5.41) is 9.85. The van der Waals surface area contributed by atoms with Gasteiger partial charge >= 0.3 is 5.97 Å². The largest absolute Gasteiger partial charge is 0.493 e. The maximum Gasteiger partial charge on any atom is 0.305 e. The van der Waals surface area contributed by atoms with Crippen molar-refractivity contribution in [2.24, 2.45) is 0 Å². The fourth-order valence-electron chi connectivity index (χ4n) is 2.83. The fraction of sp³-hybridized carbons (Fsp3) is 0.190. The molecule has 0 aliphatic carbocycles. The number of hydrogen-bond acceptors (Lipinski definition) is 6. The molecule has 1 amide bonds. The Kier molecular flexibility index (Phi) is 8.46. The van der Waals surface area contributed by atoms with Crippen molar-refractivity contribution in [1.82, 2.24) is 4.90 Å². The summed E-state index contributed by atoms with van der Waals surface area (Å²) in [7, 11) is 1.51. The van der Waals surface area contributed by atoms with Crippen LogP contribution in [0.2, 0.25) is 10.0 Å². The molecule has 168 valence electrons. The molecule has 0 spiro atoms. The number of halogens is 3. The number of amides is 1. The molecule has 0 unspecified atom stereocenters. The molecule has 0 aromatic heterocycles. The highest BCUT2D eigenvalue weighted by molar-refractivity contribution is 9.10. The number of rotatable bonds is 8. The van der Waals surface area contributed by atoms with E-state index in [1.165, 1.54) is 12.0 Å². The molecule has 1 N–H and O–H groups in total. The summed E-state index contributed by atoms with van der Waals surface area (Å²) in [5.74, 6) is -0.430. The molecule has 1 heterocycles. The van der Waals surface area contributed by atoms with Crippen molar-refractivity contribution in [2.75, 3.05) is 13.7 Å². The summed E-state index contributed by atoms with van der Waals surface area (Å²) >= 11 is 22.2. The maximum atomic E-state index is 12.6. The quantitative estimate of drug-likeness (QED) is 0.304. The first-order valence-corrected chi connectivity index (χ1v) is 11.9. The van der Waals surface area contributed by atoms with Crippen LogP contribution in [0.1, 0.15) is 17.5 Å². The molecule has 0 atom stereocenters. The van der Waals surface area contributed by atoms with Crippen molar-refractivity contribution in [3.05, 3.63) is 60.9 Å². The number of methoxy groups -OCH3 is 1. The zero-order chi connectivity index (χ0) is 23.4. The van der Waals surface area contributed by atoms with E-state index in [0.29, 0.717) is 46.4 Å². The van der Waals surface area contributed by atoms with Crippen LogP contribution in [0.5, 0.6) is 11.5 Å². The van der Waals surface area contributed by atoms with Crippen LogP contribution in [0.3, 0.4) is 0 Å². The molecule has 11 heteroatoms. The van der Waals surface area contributed by atoms with E-state index in [-0.39, 0.29) is 25.5 Å². The number of aliphatic carboxylic acids is 1. The third-order valence-electron chi connectivity index (χ3n) is 4.39. The summed E-state index contributed by atoms with van der Waals surface area (Å²) < 4.78 is 12.3. The highest BCUT2D eigenvalue weighted by Gasteiger charge is 2.32. The molecular formula is C21H16BrCl2NO5S2. The van der Waals surface area contributed by atoms with E-state index in [0.717, 1.165) is 11.8 Å². The van der Waals surface area contributed by atoms with Crippen LogP contribution in [0.15, 0.2) is 39.7 Å². The van der Waals surface area contributed by atoms with Crippen LogP contribution < -0.4 is 9.47 Å². The lowest BCUT2D eigenvalue weighted by molar-refractivity contribution is -0.137. The predicted octanol–water partition coefficient (Wildman–Crippen LogP) is 6.02. The summed E-state index contributed by atoms with van der Waals surface area (Å²) in [5.41, 5.74) is 1.33. The average molecular weight is 577 g/mol. The molecule has 2 aromatic carbocycles. The molecular weight excluding hydrogens is 561 g/mol. The van der Waals surface area contributed by atoms with E-state index >= 15 is 0 Å². The summed E-state index contributed by atoms with van der Waals surface area (Å²) in [4.78, 5) is 25.1. The van der Waals surface area contributed by atoms with Crippen LogP contribution in [0.4, 0.5) is 0 Å². The zero-order valence-corrected chi connectivity index (χ0v) is 21.3. The van der Waals surface area contributed by atoms with Crippen molar-refractivity contribution in [3.63, 3.8) is 0 Å². The Balaban J connectivity index is 1.83. The van der Waals surface area contributed by atoms with Gasteiger partial charge in [0.15, 0.2) is 11.5 Å². The Bertz CT molecular complexity index is 1110. The number of hydrogen-bond donors (Lipinski definition) is 1. The predicted molar refractivity (Wildman–Crippen MR) is 134 cm³/mol. The van der Waals surface area contributed by atoms with Gasteiger partial charge in [0.25, 0.3) is 5.91 Å². The van der Waals surface area contributed by atoms with Gasteiger partial charge in [0, 0.05) is 22.2 Å². The Hall–Kier alpha value is -1.78. The lowest BCUT2D eigenvalue weighted by Crippen LogP contribution is -2.30. The van der Waals surface area contributed by atoms with E-state index in [9.17, 15) is 9.59 Å². The molecule has 1 saturated heterocycles. The number of thioether (sulfide) groups is 1. The smallest absolute Gasteiger partial charge is 0.305 e. The molecule has 1 aliphatic heterocycles. The third-order valence-corrected chi connectivity index (χ3v) is 7.07. The van der Waals surface area contributed by atoms with Gasteiger partial charge in [0.1, 0.15) is 10.9 Å². The zero-order valence-electron chi connectivity index (χ0n) is 16.6. The van der Waals surface area contributed by atoms with Gasteiger partial charge in [-0.1, -0.05) is 53.2 Å². The van der Waals surface area contributed by atoms with Crippen molar-refractivity contribution >= 4 is 85.4 Å². The Morgan fingerprint density at radius 2 is 2.00 bits per heavy atom. The number of ether oxygens (including phenoxy) is 2. The average Bonchev–Trinajstić information content (AvgIpc) is 2.99. The van der Waals surface area contributed by atoms with Crippen LogP contribution in [-0.2, 0) is 16.2 Å². The second-order valence-electron chi connectivity index (χ2n) is 6.50. The van der Waals surface area contributed by atoms with Crippen LogP contribution in [0, 0.1) is 0 Å². The van der Waals surface area contributed by atoms with Gasteiger partial charge in [0.2, 0.25) is 0 Å². The minimum absolute atomic E-state index is 0.0295. The lowest BCUT2D eigenvalue weighted by Gasteiger charge is -2.15. The minimum atomic E-state index is -0.995. The van der Waals surface area contributed by atoms with Gasteiger partial charge in [-0.05, 0) is 51.8 Å². The number of nitrogens with zero attached hydrogens (tertiary/aromatic N) is 1. The normalized spacial score (nSPS) is 14.9. The molecule has 0 radical (unpaired) electrons. The van der Waals surface area contributed by atoms with Crippen LogP contribution in [-0.4, -0.2) is 39.9 Å². The number of carbonyl (C=O) groups is 2. The Labute approximate surface area is 212 Å². The van der Waals surface area contributed by atoms with Crippen molar-refractivity contribution in [2.45, 2.75) is 13.0 Å². The van der Waals surface area contributed by atoms with Gasteiger partial charge < -0.3 is 14.6 Å². The first kappa shape index (κ1) is 24.9. The number of benzene rings is 2. The molecule has 0 saturated carbocycles. The van der Waals surface area contributed by atoms with Crippen molar-refractivity contribution < 1.29 is 24.2 Å². The standard InChI is InChI=1S/C21H16BrCl2NO5S2/c1-29-16-8-11(9-17-20(28)25(21(31)32-17)6-5-18(26)27)7-13(22)19(16)30-10-12-14(23)3-2-4-15(12)24/h2-4,7-9H,5-6,10H2,1H3,(H,26,27)/b17-9-. The highest BCUT2D eigenvalue weighted by atomic mass is 79.9. The first-order valence-electron chi connectivity index (χ1n) is 9.11. The van der Waals surface area contributed by atoms with Gasteiger partial charge in [-0.2, -0.15) is 0 Å². The topological polar surface area (TPSA) is 76.1 Å². The van der Waals surface area contributed by atoms with Gasteiger partial charge in [-0.15, -0.1) is 0 Å². The Morgan fingerprint density at radius 1 is 1.31 bits per heavy atom. The van der Waals surface area contributed by atoms with E-state index in [4.69, 9.17) is 50.0 Å². The fourth-order valence-corrected chi connectivity index (χ4v) is 5.22. The minimum Gasteiger partial charge on any atom is -0.493 e. The van der Waals surface area contributed by atoms with Crippen molar-refractivity contribution in [1.29, 1.82) is 0 Å². The Morgan fingerprint density at radius 3 is 2.62 bits per heavy atom. The van der Waals surface area contributed by atoms with Crippen LogP contribution >= 0.6 is 63.1 Å². The van der Waals surface area contributed by atoms with Crippen LogP contribution in [0.25, 0.3) is 6.08 Å². The second kappa shape index (κ2) is 10.9. The third kappa shape index (κ3) is 5.77. The summed E-state index contributed by atoms with van der Waals surface area (Å²) in [6.07, 6.45) is 1.49. The molecule has 1 aliphatic rings. The highest BCUT2D eigenvalue weighted by Crippen LogP contribution is 2.40. The van der Waals surface area contributed by atoms with Crippen molar-refractivity contribution in [3.8, 4) is 11.5 Å². The number of carboxylic acids is 1. The molecule has 2 aromatic rings. The molecule has 0 bridgehead atoms. The van der Waals surface area contributed by atoms with Gasteiger partial charge in [-0.3, -0.25) is 14.5 Å². The summed E-state index contributed by atoms with van der Waals surface area (Å²) in [6.45, 7) is 0.163. The monoisotopic (exact) mass is 575 g/mol. The lowest BCUT2D eigenvalue weighted by atomic mass is 10.1. The van der Waals surface area contributed by atoms with E-state index < -0.39 is 5.97 Å². The molecule has 1 fully saturated rings.